The fraction of sp³-hybridized carbons (Fsp3) is 0.176. The lowest BCUT2D eigenvalue weighted by Crippen LogP contribution is -2.17. The number of nitrogens with one attached hydrogen (secondary N) is 1. The quantitative estimate of drug-likeness (QED) is 0.810. The average Bonchev–Trinajstić information content (AvgIpc) is 2.56. The topological polar surface area (TPSA) is 64.6 Å². The van der Waals surface area contributed by atoms with Gasteiger partial charge < -0.3 is 14.8 Å². The summed E-state index contributed by atoms with van der Waals surface area (Å²) in [4.78, 5) is 24.0. The van der Waals surface area contributed by atoms with Gasteiger partial charge in [0.2, 0.25) is 5.91 Å². The monoisotopic (exact) mass is 377 g/mol. The molecule has 0 fully saturated rings. The zero-order valence-corrected chi connectivity index (χ0v) is 14.3. The molecule has 0 radical (unpaired) electrons. The molecule has 0 atom stereocenters. The maximum Gasteiger partial charge on any atom is 0.340 e. The Labute approximate surface area is 142 Å². The number of carbonyl (C=O) groups excluding carboxylic acids is 2. The van der Waals surface area contributed by atoms with Gasteiger partial charge in [-0.25, -0.2) is 4.79 Å². The van der Waals surface area contributed by atoms with E-state index >= 15 is 0 Å². The molecular formula is C17H16BrNO4. The fourth-order valence-corrected chi connectivity index (χ4v) is 2.39. The Morgan fingerprint density at radius 1 is 1.09 bits per heavy atom. The van der Waals surface area contributed by atoms with Gasteiger partial charge in [0.25, 0.3) is 0 Å². The number of anilines is 1. The van der Waals surface area contributed by atoms with Crippen LogP contribution in [0.15, 0.2) is 46.9 Å². The van der Waals surface area contributed by atoms with Crippen LogP contribution in [0, 0.1) is 0 Å². The van der Waals surface area contributed by atoms with Crippen molar-refractivity contribution in [2.24, 2.45) is 0 Å². The Morgan fingerprint density at radius 2 is 1.78 bits per heavy atom. The Morgan fingerprint density at radius 3 is 2.39 bits per heavy atom. The van der Waals surface area contributed by atoms with Gasteiger partial charge in [0.15, 0.2) is 0 Å². The molecule has 1 N–H and O–H groups in total. The summed E-state index contributed by atoms with van der Waals surface area (Å²) in [6.45, 7) is 0. The van der Waals surface area contributed by atoms with E-state index in [2.05, 4.69) is 21.2 Å². The van der Waals surface area contributed by atoms with E-state index in [-0.39, 0.29) is 12.3 Å². The summed E-state index contributed by atoms with van der Waals surface area (Å²) in [6.07, 6.45) is 0.195. The molecule has 0 aliphatic carbocycles. The average molecular weight is 378 g/mol. The molecule has 0 aromatic heterocycles. The zero-order chi connectivity index (χ0) is 16.8. The highest BCUT2D eigenvalue weighted by Crippen LogP contribution is 2.22. The summed E-state index contributed by atoms with van der Waals surface area (Å²) in [7, 11) is 2.88. The normalized spacial score (nSPS) is 10.0. The molecule has 120 valence electrons. The largest absolute Gasteiger partial charge is 0.497 e. The Bertz CT molecular complexity index is 713. The van der Waals surface area contributed by atoms with E-state index in [1.54, 1.807) is 37.4 Å². The van der Waals surface area contributed by atoms with E-state index in [1.807, 2.05) is 12.1 Å². The first kappa shape index (κ1) is 17.0. The summed E-state index contributed by atoms with van der Waals surface area (Å²) in [5.41, 5.74) is 1.56. The van der Waals surface area contributed by atoms with Gasteiger partial charge in [0, 0.05) is 4.47 Å². The summed E-state index contributed by atoms with van der Waals surface area (Å²) in [5.74, 6) is 0.00346. The number of methoxy groups -OCH3 is 2. The van der Waals surface area contributed by atoms with Crippen LogP contribution in [0.25, 0.3) is 0 Å². The van der Waals surface area contributed by atoms with Crippen molar-refractivity contribution in [1.29, 1.82) is 0 Å². The minimum absolute atomic E-state index is 0.195. The third-order valence-electron chi connectivity index (χ3n) is 3.18. The molecule has 2 aromatic rings. The van der Waals surface area contributed by atoms with Crippen LogP contribution in [0.1, 0.15) is 15.9 Å². The lowest BCUT2D eigenvalue weighted by molar-refractivity contribution is -0.115. The molecule has 6 heteroatoms. The van der Waals surface area contributed by atoms with Gasteiger partial charge in [-0.2, -0.15) is 0 Å². The fourth-order valence-electron chi connectivity index (χ4n) is 2.03. The van der Waals surface area contributed by atoms with E-state index in [0.29, 0.717) is 11.3 Å². The number of rotatable bonds is 5. The van der Waals surface area contributed by atoms with Crippen molar-refractivity contribution in [2.45, 2.75) is 6.42 Å². The Hall–Kier alpha value is -2.34. The van der Waals surface area contributed by atoms with E-state index in [0.717, 1.165) is 15.8 Å². The van der Waals surface area contributed by atoms with Gasteiger partial charge in [0.1, 0.15) is 5.75 Å². The highest BCUT2D eigenvalue weighted by Gasteiger charge is 2.14. The molecule has 1 amide bonds. The molecular weight excluding hydrogens is 362 g/mol. The molecule has 0 aliphatic heterocycles. The van der Waals surface area contributed by atoms with Gasteiger partial charge in [0.05, 0.1) is 31.9 Å². The van der Waals surface area contributed by atoms with Crippen LogP contribution >= 0.6 is 15.9 Å². The first-order chi connectivity index (χ1) is 11.0. The number of amides is 1. The van der Waals surface area contributed by atoms with E-state index < -0.39 is 5.97 Å². The van der Waals surface area contributed by atoms with Gasteiger partial charge in [-0.05, 0) is 35.9 Å². The van der Waals surface area contributed by atoms with Crippen LogP contribution in [0.3, 0.4) is 0 Å². The maximum absolute atomic E-state index is 12.2. The highest BCUT2D eigenvalue weighted by molar-refractivity contribution is 9.10. The van der Waals surface area contributed by atoms with Crippen LogP contribution in [-0.4, -0.2) is 26.1 Å². The van der Waals surface area contributed by atoms with E-state index in [4.69, 9.17) is 9.47 Å². The first-order valence-electron chi connectivity index (χ1n) is 6.84. The summed E-state index contributed by atoms with van der Waals surface area (Å²) in [6, 6.07) is 12.2. The number of hydrogen-bond acceptors (Lipinski definition) is 4. The number of esters is 1. The molecule has 0 saturated carbocycles. The summed E-state index contributed by atoms with van der Waals surface area (Å²) >= 11 is 3.30. The zero-order valence-electron chi connectivity index (χ0n) is 12.8. The van der Waals surface area contributed by atoms with Gasteiger partial charge in [-0.3, -0.25) is 4.79 Å². The first-order valence-corrected chi connectivity index (χ1v) is 7.63. The molecule has 0 heterocycles. The molecule has 0 saturated heterocycles. The van der Waals surface area contributed by atoms with Crippen molar-refractivity contribution in [1.82, 2.24) is 0 Å². The minimum Gasteiger partial charge on any atom is -0.497 e. The molecule has 0 bridgehead atoms. The van der Waals surface area contributed by atoms with Crippen molar-refractivity contribution in [3.8, 4) is 5.75 Å². The second-order valence-corrected chi connectivity index (χ2v) is 5.67. The third-order valence-corrected chi connectivity index (χ3v) is 3.68. The van der Waals surface area contributed by atoms with Crippen LogP contribution in [0.2, 0.25) is 0 Å². The van der Waals surface area contributed by atoms with Gasteiger partial charge in [-0.15, -0.1) is 0 Å². The maximum atomic E-state index is 12.2. The number of carbonyl (C=O) groups is 2. The lowest BCUT2D eigenvalue weighted by atomic mass is 10.1. The van der Waals surface area contributed by atoms with Crippen LogP contribution in [-0.2, 0) is 16.0 Å². The Kier molecular flexibility index (Phi) is 5.76. The van der Waals surface area contributed by atoms with Crippen molar-refractivity contribution in [2.75, 3.05) is 19.5 Å². The summed E-state index contributed by atoms with van der Waals surface area (Å²) in [5, 5.41) is 2.74. The standard InChI is InChI=1S/C17H16BrNO4/c1-22-13-6-3-11(4-7-13)9-16(20)19-15-8-5-12(18)10-14(15)17(21)23-2/h3-8,10H,9H2,1-2H3,(H,19,20). The number of hydrogen-bond donors (Lipinski definition) is 1. The Balaban J connectivity index is 2.11. The SMILES string of the molecule is COC(=O)c1cc(Br)ccc1NC(=O)Cc1ccc(OC)cc1. The predicted molar refractivity (Wildman–Crippen MR) is 90.8 cm³/mol. The molecule has 23 heavy (non-hydrogen) atoms. The molecule has 2 rings (SSSR count). The molecule has 0 spiro atoms. The van der Waals surface area contributed by atoms with Crippen molar-refractivity contribution < 1.29 is 19.1 Å². The molecule has 0 aliphatic rings. The van der Waals surface area contributed by atoms with Crippen molar-refractivity contribution >= 4 is 33.5 Å². The number of benzene rings is 2. The lowest BCUT2D eigenvalue weighted by Gasteiger charge is -2.10. The predicted octanol–water partition coefficient (Wildman–Crippen LogP) is 3.43. The smallest absolute Gasteiger partial charge is 0.340 e. The molecule has 2 aromatic carbocycles. The van der Waals surface area contributed by atoms with E-state index in [1.165, 1.54) is 7.11 Å². The van der Waals surface area contributed by atoms with Crippen LogP contribution < -0.4 is 10.1 Å². The molecule has 0 unspecified atom stereocenters. The molecule has 5 nitrogen and oxygen atoms in total. The third kappa shape index (κ3) is 4.56. The van der Waals surface area contributed by atoms with Gasteiger partial charge >= 0.3 is 5.97 Å². The van der Waals surface area contributed by atoms with Crippen LogP contribution in [0.4, 0.5) is 5.69 Å². The summed E-state index contributed by atoms with van der Waals surface area (Å²) < 4.78 is 10.5. The second kappa shape index (κ2) is 7.78. The second-order valence-electron chi connectivity index (χ2n) is 4.75. The van der Waals surface area contributed by atoms with Crippen molar-refractivity contribution in [3.63, 3.8) is 0 Å². The van der Waals surface area contributed by atoms with Crippen LogP contribution in [0.5, 0.6) is 5.75 Å². The number of ether oxygens (including phenoxy) is 2. The highest BCUT2D eigenvalue weighted by atomic mass is 79.9. The number of halogens is 1. The van der Waals surface area contributed by atoms with E-state index in [9.17, 15) is 9.59 Å². The van der Waals surface area contributed by atoms with Crippen molar-refractivity contribution in [3.05, 3.63) is 58.1 Å². The minimum atomic E-state index is -0.508. The van der Waals surface area contributed by atoms with Gasteiger partial charge in [-0.1, -0.05) is 28.1 Å².